The third-order valence-corrected chi connectivity index (χ3v) is 5.45. The number of halogens is 4. The van der Waals surface area contributed by atoms with Crippen molar-refractivity contribution >= 4 is 77.1 Å². The van der Waals surface area contributed by atoms with Gasteiger partial charge in [-0.15, -0.1) is 11.6 Å². The van der Waals surface area contributed by atoms with E-state index >= 15 is 0 Å². The molecule has 1 aromatic rings. The highest BCUT2D eigenvalue weighted by Crippen LogP contribution is 2.30. The molecule has 2 N–H and O–H groups in total. The van der Waals surface area contributed by atoms with Crippen LogP contribution in [0.5, 0.6) is 0 Å². The topological polar surface area (TPSA) is 101 Å². The van der Waals surface area contributed by atoms with Gasteiger partial charge in [0, 0.05) is 5.33 Å². The van der Waals surface area contributed by atoms with E-state index in [0.717, 1.165) is 0 Å². The Kier molecular flexibility index (Phi) is 7.11. The fourth-order valence-electron chi connectivity index (χ4n) is 1.17. The summed E-state index contributed by atoms with van der Waals surface area (Å²) in [5.74, 6) is -0.564. The molecule has 0 saturated carbocycles. The number of amides is 2. The quantitative estimate of drug-likeness (QED) is 0.604. The summed E-state index contributed by atoms with van der Waals surface area (Å²) in [6, 6.07) is -0.990. The van der Waals surface area contributed by atoms with Gasteiger partial charge in [0.05, 0.1) is 23.2 Å². The van der Waals surface area contributed by atoms with E-state index < -0.39 is 25.6 Å². The van der Waals surface area contributed by atoms with E-state index in [1.807, 2.05) is 4.72 Å². The minimum atomic E-state index is -3.93. The van der Waals surface area contributed by atoms with Gasteiger partial charge >= 0.3 is 6.03 Å². The second kappa shape index (κ2) is 7.91. The molecule has 1 atom stereocenters. The normalized spacial score (nSPS) is 14.3. The van der Waals surface area contributed by atoms with Gasteiger partial charge in [-0.25, -0.2) is 27.9 Å². The monoisotopic (exact) mass is 482 g/mol. The summed E-state index contributed by atoms with van der Waals surface area (Å²) in [6.45, 7) is 0. The van der Waals surface area contributed by atoms with Crippen molar-refractivity contribution in [1.29, 1.82) is 0 Å². The van der Waals surface area contributed by atoms with Gasteiger partial charge in [0.2, 0.25) is 16.0 Å². The van der Waals surface area contributed by atoms with Crippen LogP contribution in [0.25, 0.3) is 0 Å². The number of hydrogen-bond donors (Lipinski definition) is 2. The molecule has 0 aromatic carbocycles. The van der Waals surface area contributed by atoms with Gasteiger partial charge < -0.3 is 0 Å². The molecule has 2 amide bonds. The summed E-state index contributed by atoms with van der Waals surface area (Å²) < 4.78 is 24.3. The number of carbonyl (C=O) groups excluding carboxylic acids is 1. The first-order valence-electron chi connectivity index (χ1n) is 5.36. The standard InChI is InChI=1S/C9H10Br2Cl2N4O3S/c10-2-1-9(11,13)5-21(19,20)17-8(18)16-7-14-3-6(12)4-15-7/h3-4H,1-2,5H2,(H2,14,15,16,17,18). The lowest BCUT2D eigenvalue weighted by molar-refractivity contribution is 0.256. The van der Waals surface area contributed by atoms with Gasteiger partial charge in [-0.3, -0.25) is 5.32 Å². The summed E-state index contributed by atoms with van der Waals surface area (Å²) in [7, 11) is -3.93. The van der Waals surface area contributed by atoms with Gasteiger partial charge in [-0.1, -0.05) is 43.5 Å². The number of nitrogens with zero attached hydrogens (tertiary/aromatic N) is 2. The zero-order valence-electron chi connectivity index (χ0n) is 10.3. The zero-order chi connectivity index (χ0) is 16.1. The lowest BCUT2D eigenvalue weighted by atomic mass is 10.4. The summed E-state index contributed by atoms with van der Waals surface area (Å²) >= 11 is 17.8. The highest BCUT2D eigenvalue weighted by Gasteiger charge is 2.31. The van der Waals surface area contributed by atoms with Gasteiger partial charge in [-0.05, 0) is 6.42 Å². The van der Waals surface area contributed by atoms with E-state index in [1.54, 1.807) is 0 Å². The van der Waals surface area contributed by atoms with E-state index in [9.17, 15) is 13.2 Å². The Labute approximate surface area is 148 Å². The van der Waals surface area contributed by atoms with E-state index in [1.165, 1.54) is 12.4 Å². The Morgan fingerprint density at radius 3 is 2.48 bits per heavy atom. The summed E-state index contributed by atoms with van der Waals surface area (Å²) in [4.78, 5) is 19.0. The molecule has 12 heteroatoms. The number of sulfonamides is 1. The van der Waals surface area contributed by atoms with Crippen LogP contribution >= 0.6 is 55.1 Å². The van der Waals surface area contributed by atoms with Gasteiger partial charge in [0.15, 0.2) is 0 Å². The van der Waals surface area contributed by atoms with Gasteiger partial charge in [0.1, 0.15) is 3.78 Å². The molecule has 1 aromatic heterocycles. The maximum absolute atomic E-state index is 11.8. The third kappa shape index (κ3) is 7.59. The molecule has 0 saturated heterocycles. The SMILES string of the molecule is O=C(Nc1ncc(Cl)cn1)NS(=O)(=O)CC(Cl)(Br)CCBr. The number of nitrogens with one attached hydrogen (secondary N) is 2. The molecule has 118 valence electrons. The third-order valence-electron chi connectivity index (χ3n) is 1.96. The van der Waals surface area contributed by atoms with Crippen molar-refractivity contribution in [2.45, 2.75) is 10.2 Å². The second-order valence-electron chi connectivity index (χ2n) is 3.84. The van der Waals surface area contributed by atoms with Crippen LogP contribution in [0.15, 0.2) is 12.4 Å². The maximum atomic E-state index is 11.8. The Morgan fingerprint density at radius 2 is 1.95 bits per heavy atom. The molecule has 0 spiro atoms. The van der Waals surface area contributed by atoms with E-state index in [4.69, 9.17) is 23.2 Å². The van der Waals surface area contributed by atoms with Crippen LogP contribution in [0.1, 0.15) is 6.42 Å². The highest BCUT2D eigenvalue weighted by molar-refractivity contribution is 9.10. The molecule has 1 heterocycles. The molecule has 1 unspecified atom stereocenters. The Morgan fingerprint density at radius 1 is 1.38 bits per heavy atom. The summed E-state index contributed by atoms with van der Waals surface area (Å²) in [5.41, 5.74) is 0. The largest absolute Gasteiger partial charge is 0.335 e. The van der Waals surface area contributed by atoms with Crippen molar-refractivity contribution in [2.75, 3.05) is 16.4 Å². The Hall–Kier alpha value is -0.160. The first-order valence-corrected chi connectivity index (χ1v) is 9.69. The molecule has 0 bridgehead atoms. The van der Waals surface area contributed by atoms with Gasteiger partial charge in [0.25, 0.3) is 0 Å². The molecule has 0 radical (unpaired) electrons. The van der Waals surface area contributed by atoms with Crippen LogP contribution in [0.3, 0.4) is 0 Å². The average Bonchev–Trinajstić information content (AvgIpc) is 2.29. The van der Waals surface area contributed by atoms with Crippen molar-refractivity contribution in [3.63, 3.8) is 0 Å². The van der Waals surface area contributed by atoms with Crippen molar-refractivity contribution in [2.24, 2.45) is 0 Å². The molecule has 0 aliphatic carbocycles. The van der Waals surface area contributed by atoms with Crippen molar-refractivity contribution in [3.05, 3.63) is 17.4 Å². The summed E-state index contributed by atoms with van der Waals surface area (Å²) in [6.07, 6.45) is 2.87. The molecular formula is C9H10Br2Cl2N4O3S. The summed E-state index contributed by atoms with van der Waals surface area (Å²) in [5, 5.41) is 2.95. The van der Waals surface area contributed by atoms with Crippen molar-refractivity contribution in [1.82, 2.24) is 14.7 Å². The molecule has 0 fully saturated rings. The van der Waals surface area contributed by atoms with E-state index in [-0.39, 0.29) is 11.0 Å². The fraction of sp³-hybridized carbons (Fsp3) is 0.444. The predicted octanol–water partition coefficient (Wildman–Crippen LogP) is 2.70. The molecule has 0 aliphatic rings. The van der Waals surface area contributed by atoms with Crippen molar-refractivity contribution in [3.8, 4) is 0 Å². The number of aromatic nitrogens is 2. The molecular weight excluding hydrogens is 475 g/mol. The predicted molar refractivity (Wildman–Crippen MR) is 88.9 cm³/mol. The van der Waals surface area contributed by atoms with Crippen LogP contribution in [-0.2, 0) is 10.0 Å². The smallest absolute Gasteiger partial charge is 0.275 e. The van der Waals surface area contributed by atoms with Crippen LogP contribution < -0.4 is 10.0 Å². The van der Waals surface area contributed by atoms with Crippen LogP contribution in [0.2, 0.25) is 5.02 Å². The van der Waals surface area contributed by atoms with Crippen molar-refractivity contribution < 1.29 is 13.2 Å². The lowest BCUT2D eigenvalue weighted by Gasteiger charge is -2.18. The minimum Gasteiger partial charge on any atom is -0.275 e. The number of carbonyl (C=O) groups is 1. The van der Waals surface area contributed by atoms with E-state index in [2.05, 4.69) is 47.1 Å². The lowest BCUT2D eigenvalue weighted by Crippen LogP contribution is -2.40. The molecule has 21 heavy (non-hydrogen) atoms. The first kappa shape index (κ1) is 18.9. The number of rotatable bonds is 6. The second-order valence-corrected chi connectivity index (χ2v) is 9.48. The number of urea groups is 1. The molecule has 1 rings (SSSR count). The number of anilines is 1. The number of alkyl halides is 3. The molecule has 0 aliphatic heterocycles. The Bertz CT molecular complexity index is 598. The van der Waals surface area contributed by atoms with E-state index in [0.29, 0.717) is 11.8 Å². The van der Waals surface area contributed by atoms with Crippen LogP contribution in [0.4, 0.5) is 10.7 Å². The molecule has 7 nitrogen and oxygen atoms in total. The van der Waals surface area contributed by atoms with Crippen LogP contribution in [0, 0.1) is 0 Å². The number of hydrogen-bond acceptors (Lipinski definition) is 5. The van der Waals surface area contributed by atoms with Gasteiger partial charge in [-0.2, -0.15) is 0 Å². The Balaban J connectivity index is 2.62. The minimum absolute atomic E-state index is 0.0801. The average molecular weight is 485 g/mol. The zero-order valence-corrected chi connectivity index (χ0v) is 15.8. The highest BCUT2D eigenvalue weighted by atomic mass is 79.9. The van der Waals surface area contributed by atoms with Crippen LogP contribution in [-0.4, -0.2) is 39.3 Å². The first-order chi connectivity index (χ1) is 9.63. The fourth-order valence-corrected chi connectivity index (χ4v) is 5.44. The maximum Gasteiger partial charge on any atom is 0.335 e.